The topological polar surface area (TPSA) is 46.9 Å². The minimum absolute atomic E-state index is 0.0221. The first kappa shape index (κ1) is 20.7. The number of hydrogen-bond acceptors (Lipinski definition) is 2. The lowest BCUT2D eigenvalue weighted by molar-refractivity contribution is 0.0825. The summed E-state index contributed by atoms with van der Waals surface area (Å²) in [5.74, 6) is 0.663. The number of carbonyl (C=O) groups excluding carboxylic acids is 1. The smallest absolute Gasteiger partial charge is 0.255 e. The zero-order valence-corrected chi connectivity index (χ0v) is 19.3. The first-order valence-electron chi connectivity index (χ1n) is 10.3. The van der Waals surface area contributed by atoms with Crippen LogP contribution in [0.4, 0.5) is 0 Å². The molecule has 0 radical (unpaired) electrons. The highest BCUT2D eigenvalue weighted by Gasteiger charge is 2.61. The van der Waals surface area contributed by atoms with Crippen molar-refractivity contribution in [3.05, 3.63) is 50.8 Å². The van der Waals surface area contributed by atoms with Crippen LogP contribution in [0, 0.1) is 30.6 Å². The predicted octanol–water partition coefficient (Wildman–Crippen LogP) is 5.80. The zero-order chi connectivity index (χ0) is 21.1. The van der Waals surface area contributed by atoms with Crippen molar-refractivity contribution in [2.24, 2.45) is 16.7 Å². The first-order chi connectivity index (χ1) is 13.6. The number of nitrogens with zero attached hydrogens (tertiary/aromatic N) is 2. The maximum Gasteiger partial charge on any atom is 0.255 e. The Balaban J connectivity index is 1.58. The molecule has 2 aliphatic rings. The van der Waals surface area contributed by atoms with Gasteiger partial charge < -0.3 is 5.32 Å². The molecule has 4 nitrogen and oxygen atoms in total. The summed E-state index contributed by atoms with van der Waals surface area (Å²) < 4.78 is 1.82. The number of hydrogen-bond donors (Lipinski definition) is 1. The van der Waals surface area contributed by atoms with E-state index in [1.807, 2.05) is 36.7 Å². The summed E-state index contributed by atoms with van der Waals surface area (Å²) in [5.41, 5.74) is 3.46. The second-order valence-electron chi connectivity index (χ2n) is 9.54. The van der Waals surface area contributed by atoms with E-state index >= 15 is 0 Å². The summed E-state index contributed by atoms with van der Waals surface area (Å²) in [4.78, 5) is 13.3. The molecule has 1 aromatic heterocycles. The molecular formula is C23H29Cl2N3O. The molecule has 6 heteroatoms. The molecule has 29 heavy (non-hydrogen) atoms. The van der Waals surface area contributed by atoms with E-state index in [1.165, 1.54) is 12.8 Å². The van der Waals surface area contributed by atoms with Gasteiger partial charge in [0.05, 0.1) is 17.8 Å². The van der Waals surface area contributed by atoms with Gasteiger partial charge in [-0.05, 0) is 62.0 Å². The second kappa shape index (κ2) is 7.02. The van der Waals surface area contributed by atoms with Crippen LogP contribution in [-0.4, -0.2) is 21.7 Å². The number of amides is 1. The van der Waals surface area contributed by atoms with Crippen molar-refractivity contribution in [2.75, 3.05) is 0 Å². The molecule has 2 saturated carbocycles. The molecule has 1 amide bonds. The van der Waals surface area contributed by atoms with Crippen molar-refractivity contribution < 1.29 is 4.79 Å². The number of aromatic nitrogens is 2. The van der Waals surface area contributed by atoms with Crippen molar-refractivity contribution in [1.82, 2.24) is 15.1 Å². The lowest BCUT2D eigenvalue weighted by Gasteiger charge is -2.39. The number of benzene rings is 1. The van der Waals surface area contributed by atoms with Gasteiger partial charge in [-0.15, -0.1) is 0 Å². The Morgan fingerprint density at radius 1 is 1.24 bits per heavy atom. The van der Waals surface area contributed by atoms with Crippen LogP contribution < -0.4 is 5.32 Å². The van der Waals surface area contributed by atoms with Crippen molar-refractivity contribution in [2.45, 2.75) is 66.5 Å². The number of nitrogens with one attached hydrogen (secondary N) is 1. The summed E-state index contributed by atoms with van der Waals surface area (Å²) >= 11 is 12.7. The Hall–Kier alpha value is -1.52. The van der Waals surface area contributed by atoms with Gasteiger partial charge in [-0.2, -0.15) is 5.10 Å². The van der Waals surface area contributed by atoms with Crippen molar-refractivity contribution in [1.29, 1.82) is 0 Å². The van der Waals surface area contributed by atoms with Gasteiger partial charge in [0, 0.05) is 27.3 Å². The van der Waals surface area contributed by atoms with Crippen molar-refractivity contribution >= 4 is 29.1 Å². The van der Waals surface area contributed by atoms with E-state index in [-0.39, 0.29) is 22.8 Å². The van der Waals surface area contributed by atoms with Gasteiger partial charge in [0.1, 0.15) is 0 Å². The maximum atomic E-state index is 13.3. The van der Waals surface area contributed by atoms with Crippen LogP contribution >= 0.6 is 23.2 Å². The number of carbonyl (C=O) groups is 1. The standard InChI is InChI=1S/C23H29Cl2N3O/c1-13-20(14(2)28(27-13)12-16-17(24)7-6-8-18(16)25)21(29)26-19-11-15-9-10-23(19,5)22(15,3)4/h6-8,15,19H,9-12H2,1-5H3,(H,26,29)/t15-,19+,23+/m1/s1. The molecule has 156 valence electrons. The molecule has 2 fully saturated rings. The zero-order valence-electron chi connectivity index (χ0n) is 17.8. The highest BCUT2D eigenvalue weighted by atomic mass is 35.5. The molecule has 1 aromatic carbocycles. The van der Waals surface area contributed by atoms with Gasteiger partial charge in [-0.3, -0.25) is 9.48 Å². The summed E-state index contributed by atoms with van der Waals surface area (Å²) in [7, 11) is 0. The lowest BCUT2D eigenvalue weighted by Crippen LogP contribution is -2.47. The Labute approximate surface area is 183 Å². The fraction of sp³-hybridized carbons (Fsp3) is 0.565. The van der Waals surface area contributed by atoms with E-state index in [2.05, 4.69) is 31.2 Å². The van der Waals surface area contributed by atoms with E-state index in [0.717, 1.165) is 23.4 Å². The average Bonchev–Trinajstić information content (AvgIpc) is 3.11. The highest BCUT2D eigenvalue weighted by Crippen LogP contribution is 2.65. The lowest BCUT2D eigenvalue weighted by atomic mass is 9.69. The molecule has 1 N–H and O–H groups in total. The largest absolute Gasteiger partial charge is 0.349 e. The van der Waals surface area contributed by atoms with Gasteiger partial charge in [-0.25, -0.2) is 0 Å². The molecule has 2 aromatic rings. The second-order valence-corrected chi connectivity index (χ2v) is 10.4. The fourth-order valence-corrected chi connectivity index (χ4v) is 6.18. The highest BCUT2D eigenvalue weighted by molar-refractivity contribution is 6.35. The molecule has 2 aliphatic carbocycles. The van der Waals surface area contributed by atoms with E-state index in [1.54, 1.807) is 0 Å². The summed E-state index contributed by atoms with van der Waals surface area (Å²) in [6, 6.07) is 5.68. The quantitative estimate of drug-likeness (QED) is 0.661. The van der Waals surface area contributed by atoms with E-state index in [9.17, 15) is 4.79 Å². The monoisotopic (exact) mass is 433 g/mol. The molecule has 2 bridgehead atoms. The van der Waals surface area contributed by atoms with Crippen LogP contribution in [0.5, 0.6) is 0 Å². The average molecular weight is 434 g/mol. The van der Waals surface area contributed by atoms with Crippen molar-refractivity contribution in [3.63, 3.8) is 0 Å². The molecule has 0 spiro atoms. The first-order valence-corrected chi connectivity index (χ1v) is 11.1. The van der Waals surface area contributed by atoms with Gasteiger partial charge in [0.25, 0.3) is 5.91 Å². The third-order valence-corrected chi connectivity index (χ3v) is 8.79. The Kier molecular flexibility index (Phi) is 5.02. The van der Waals surface area contributed by atoms with E-state index in [0.29, 0.717) is 28.1 Å². The Morgan fingerprint density at radius 3 is 2.45 bits per heavy atom. The third-order valence-electron chi connectivity index (χ3n) is 8.08. The summed E-state index contributed by atoms with van der Waals surface area (Å²) in [6.45, 7) is 11.3. The van der Waals surface area contributed by atoms with Gasteiger partial charge >= 0.3 is 0 Å². The van der Waals surface area contributed by atoms with Gasteiger partial charge in [-0.1, -0.05) is 50.0 Å². The number of halogens is 2. The van der Waals surface area contributed by atoms with Crippen LogP contribution in [0.15, 0.2) is 18.2 Å². The Bertz CT molecular complexity index is 960. The molecule has 0 unspecified atom stereocenters. The fourth-order valence-electron chi connectivity index (χ4n) is 5.67. The van der Waals surface area contributed by atoms with E-state index < -0.39 is 0 Å². The molecular weight excluding hydrogens is 405 g/mol. The summed E-state index contributed by atoms with van der Waals surface area (Å²) in [6.07, 6.45) is 3.51. The predicted molar refractivity (Wildman–Crippen MR) is 118 cm³/mol. The van der Waals surface area contributed by atoms with Crippen LogP contribution in [0.25, 0.3) is 0 Å². The maximum absolute atomic E-state index is 13.3. The Morgan fingerprint density at radius 2 is 1.90 bits per heavy atom. The SMILES string of the molecule is Cc1nn(Cc2c(Cl)cccc2Cl)c(C)c1C(=O)N[C@H]1C[C@H]2CC[C@]1(C)C2(C)C. The van der Waals surface area contributed by atoms with Crippen molar-refractivity contribution in [3.8, 4) is 0 Å². The van der Waals surface area contributed by atoms with Crippen LogP contribution in [-0.2, 0) is 6.54 Å². The number of aryl methyl sites for hydroxylation is 1. The van der Waals surface area contributed by atoms with Gasteiger partial charge in [0.15, 0.2) is 0 Å². The van der Waals surface area contributed by atoms with Crippen LogP contribution in [0.3, 0.4) is 0 Å². The number of rotatable bonds is 4. The summed E-state index contributed by atoms with van der Waals surface area (Å²) in [5, 5.41) is 9.19. The molecule has 3 atom stereocenters. The molecule has 0 saturated heterocycles. The molecule has 4 rings (SSSR count). The van der Waals surface area contributed by atoms with Crippen LogP contribution in [0.1, 0.15) is 67.3 Å². The third kappa shape index (κ3) is 3.11. The van der Waals surface area contributed by atoms with Crippen LogP contribution in [0.2, 0.25) is 10.0 Å². The minimum Gasteiger partial charge on any atom is -0.349 e. The minimum atomic E-state index is -0.0221. The molecule has 0 aliphatic heterocycles. The normalized spacial score (nSPS) is 27.4. The van der Waals surface area contributed by atoms with Gasteiger partial charge in [0.2, 0.25) is 0 Å². The molecule has 1 heterocycles. The number of fused-ring (bicyclic) bond motifs is 2. The van der Waals surface area contributed by atoms with E-state index in [4.69, 9.17) is 23.2 Å².